The number of piperidine rings is 1. The number of rotatable bonds is 5. The van der Waals surface area contributed by atoms with E-state index in [-0.39, 0.29) is 29.1 Å². The van der Waals surface area contributed by atoms with Crippen molar-refractivity contribution in [1.29, 1.82) is 0 Å². The van der Waals surface area contributed by atoms with Crippen LogP contribution in [0.1, 0.15) is 12.8 Å². The van der Waals surface area contributed by atoms with E-state index in [0.29, 0.717) is 5.69 Å². The Morgan fingerprint density at radius 1 is 1.43 bits per heavy atom. The van der Waals surface area contributed by atoms with Crippen LogP contribution in [0, 0.1) is 10.1 Å². The number of carbonyl (C=O) groups excluding carboxylic acids is 1. The number of hydrogen-bond donors (Lipinski definition) is 1. The Balaban J connectivity index is 2.01. The molecule has 1 aliphatic rings. The number of nitro groups is 1. The third kappa shape index (κ3) is 3.69. The summed E-state index contributed by atoms with van der Waals surface area (Å²) in [7, 11) is 1.88. The highest BCUT2D eigenvalue weighted by molar-refractivity contribution is 5.75. The normalized spacial score (nSPS) is 16.2. The third-order valence-corrected chi connectivity index (χ3v) is 3.91. The Bertz CT molecular complexity index is 527. The van der Waals surface area contributed by atoms with E-state index in [4.69, 9.17) is 5.73 Å². The molecule has 114 valence electrons. The number of likely N-dealkylation sites (N-methyl/N-ethyl adjacent to an activating group) is 1. The molecule has 0 aromatic heterocycles. The van der Waals surface area contributed by atoms with Crippen LogP contribution in [0.4, 0.5) is 11.4 Å². The molecule has 1 aromatic rings. The van der Waals surface area contributed by atoms with E-state index >= 15 is 0 Å². The van der Waals surface area contributed by atoms with E-state index in [2.05, 4.69) is 0 Å². The lowest BCUT2D eigenvalue weighted by molar-refractivity contribution is -0.384. The van der Waals surface area contributed by atoms with Gasteiger partial charge in [0, 0.05) is 25.2 Å². The summed E-state index contributed by atoms with van der Waals surface area (Å²) in [6.07, 6.45) is 1.71. The number of nitro benzene ring substituents is 1. The molecule has 21 heavy (non-hydrogen) atoms. The number of nitrogens with two attached hydrogens (primary N) is 1. The van der Waals surface area contributed by atoms with Gasteiger partial charge in [-0.3, -0.25) is 19.8 Å². The summed E-state index contributed by atoms with van der Waals surface area (Å²) in [5, 5.41) is 11.1. The number of para-hydroxylation sites is 2. The fraction of sp³-hybridized carbons (Fsp3) is 0.500. The third-order valence-electron chi connectivity index (χ3n) is 3.91. The molecule has 1 amide bonds. The van der Waals surface area contributed by atoms with Crippen LogP contribution in [-0.2, 0) is 4.79 Å². The topological polar surface area (TPSA) is 92.7 Å². The van der Waals surface area contributed by atoms with Crippen LogP contribution in [0.2, 0.25) is 0 Å². The van der Waals surface area contributed by atoms with Crippen molar-refractivity contribution in [3.8, 4) is 0 Å². The Kier molecular flexibility index (Phi) is 4.74. The van der Waals surface area contributed by atoms with Gasteiger partial charge in [0.15, 0.2) is 0 Å². The number of anilines is 1. The molecule has 0 radical (unpaired) electrons. The largest absolute Gasteiger partial charge is 0.369 e. The second kappa shape index (κ2) is 6.53. The zero-order chi connectivity index (χ0) is 15.4. The highest BCUT2D eigenvalue weighted by atomic mass is 16.6. The molecule has 0 bridgehead atoms. The first-order valence-corrected chi connectivity index (χ1v) is 6.96. The van der Waals surface area contributed by atoms with E-state index in [0.717, 1.165) is 25.9 Å². The van der Waals surface area contributed by atoms with Crippen LogP contribution in [-0.4, -0.2) is 48.5 Å². The van der Waals surface area contributed by atoms with Gasteiger partial charge < -0.3 is 10.6 Å². The SMILES string of the molecule is CN(CC(N)=O)C1CCN(c2ccccc2[N+](=O)[O-])CC1. The Labute approximate surface area is 123 Å². The summed E-state index contributed by atoms with van der Waals surface area (Å²) in [5.74, 6) is -0.335. The summed E-state index contributed by atoms with van der Waals surface area (Å²) in [6.45, 7) is 1.72. The van der Waals surface area contributed by atoms with Gasteiger partial charge in [0.2, 0.25) is 5.91 Å². The van der Waals surface area contributed by atoms with Crippen LogP contribution >= 0.6 is 0 Å². The fourth-order valence-electron chi connectivity index (χ4n) is 2.81. The molecule has 0 saturated carbocycles. The molecule has 0 unspecified atom stereocenters. The minimum absolute atomic E-state index is 0.140. The van der Waals surface area contributed by atoms with Crippen LogP contribution < -0.4 is 10.6 Å². The average Bonchev–Trinajstić information content (AvgIpc) is 2.46. The number of primary amides is 1. The van der Waals surface area contributed by atoms with Gasteiger partial charge in [-0.1, -0.05) is 12.1 Å². The first-order valence-electron chi connectivity index (χ1n) is 6.96. The van der Waals surface area contributed by atoms with Gasteiger partial charge in [-0.05, 0) is 26.0 Å². The average molecular weight is 292 g/mol. The highest BCUT2D eigenvalue weighted by Crippen LogP contribution is 2.30. The quantitative estimate of drug-likeness (QED) is 0.645. The Morgan fingerprint density at radius 2 is 2.05 bits per heavy atom. The molecule has 1 saturated heterocycles. The molecule has 1 fully saturated rings. The molecular formula is C14H20N4O3. The lowest BCUT2D eigenvalue weighted by atomic mass is 10.0. The first-order chi connectivity index (χ1) is 9.99. The highest BCUT2D eigenvalue weighted by Gasteiger charge is 2.26. The van der Waals surface area contributed by atoms with E-state index in [1.807, 2.05) is 22.9 Å². The monoisotopic (exact) mass is 292 g/mol. The van der Waals surface area contributed by atoms with Crippen molar-refractivity contribution in [3.05, 3.63) is 34.4 Å². The van der Waals surface area contributed by atoms with Crippen molar-refractivity contribution in [3.63, 3.8) is 0 Å². The predicted molar refractivity (Wildman–Crippen MR) is 80.2 cm³/mol. The van der Waals surface area contributed by atoms with Crippen molar-refractivity contribution >= 4 is 17.3 Å². The molecule has 1 heterocycles. The first kappa shape index (κ1) is 15.2. The molecule has 2 rings (SSSR count). The van der Waals surface area contributed by atoms with E-state index in [9.17, 15) is 14.9 Å². The van der Waals surface area contributed by atoms with Crippen molar-refractivity contribution in [1.82, 2.24) is 4.90 Å². The van der Waals surface area contributed by atoms with Gasteiger partial charge in [-0.15, -0.1) is 0 Å². The van der Waals surface area contributed by atoms with Gasteiger partial charge in [0.1, 0.15) is 5.69 Å². The van der Waals surface area contributed by atoms with E-state index in [1.165, 1.54) is 6.07 Å². The van der Waals surface area contributed by atoms with Crippen molar-refractivity contribution in [2.75, 3.05) is 31.6 Å². The number of hydrogen-bond acceptors (Lipinski definition) is 5. The van der Waals surface area contributed by atoms with Gasteiger partial charge >= 0.3 is 0 Å². The molecule has 0 atom stereocenters. The maximum atomic E-state index is 11.1. The number of nitrogens with zero attached hydrogens (tertiary/aromatic N) is 3. The summed E-state index contributed by atoms with van der Waals surface area (Å²) < 4.78 is 0. The second-order valence-corrected chi connectivity index (χ2v) is 5.35. The molecule has 1 aromatic carbocycles. The molecule has 2 N–H and O–H groups in total. The summed E-state index contributed by atoms with van der Waals surface area (Å²) in [5.41, 5.74) is 6.01. The van der Waals surface area contributed by atoms with Crippen LogP contribution in [0.15, 0.2) is 24.3 Å². The smallest absolute Gasteiger partial charge is 0.292 e. The fourth-order valence-corrected chi connectivity index (χ4v) is 2.81. The Hall–Kier alpha value is -2.15. The zero-order valence-electron chi connectivity index (χ0n) is 12.1. The van der Waals surface area contributed by atoms with E-state index in [1.54, 1.807) is 12.1 Å². The lowest BCUT2D eigenvalue weighted by Crippen LogP contribution is -2.46. The molecule has 7 nitrogen and oxygen atoms in total. The lowest BCUT2D eigenvalue weighted by Gasteiger charge is -2.37. The zero-order valence-corrected chi connectivity index (χ0v) is 12.1. The molecular weight excluding hydrogens is 272 g/mol. The molecule has 0 aliphatic carbocycles. The number of benzene rings is 1. The number of carbonyl (C=O) groups is 1. The van der Waals surface area contributed by atoms with E-state index < -0.39 is 0 Å². The van der Waals surface area contributed by atoms with Crippen molar-refractivity contribution in [2.24, 2.45) is 5.73 Å². The van der Waals surface area contributed by atoms with Gasteiger partial charge in [-0.2, -0.15) is 0 Å². The van der Waals surface area contributed by atoms with Crippen molar-refractivity contribution < 1.29 is 9.72 Å². The number of amides is 1. The summed E-state index contributed by atoms with van der Waals surface area (Å²) >= 11 is 0. The molecule has 7 heteroatoms. The van der Waals surface area contributed by atoms with Gasteiger partial charge in [0.25, 0.3) is 5.69 Å². The van der Waals surface area contributed by atoms with Crippen LogP contribution in [0.5, 0.6) is 0 Å². The molecule has 1 aliphatic heterocycles. The minimum Gasteiger partial charge on any atom is -0.369 e. The predicted octanol–water partition coefficient (Wildman–Crippen LogP) is 0.981. The van der Waals surface area contributed by atoms with Gasteiger partial charge in [-0.25, -0.2) is 0 Å². The summed E-state index contributed by atoms with van der Waals surface area (Å²) in [4.78, 5) is 25.7. The van der Waals surface area contributed by atoms with Gasteiger partial charge in [0.05, 0.1) is 11.5 Å². The van der Waals surface area contributed by atoms with Crippen molar-refractivity contribution in [2.45, 2.75) is 18.9 Å². The minimum atomic E-state index is -0.347. The maximum absolute atomic E-state index is 11.1. The molecule has 0 spiro atoms. The Morgan fingerprint density at radius 3 is 2.62 bits per heavy atom. The standard InChI is InChI=1S/C14H20N4O3/c1-16(10-14(15)19)11-6-8-17(9-7-11)12-4-2-3-5-13(12)18(20)21/h2-5,11H,6-10H2,1H3,(H2,15,19). The van der Waals surface area contributed by atoms with Crippen LogP contribution in [0.25, 0.3) is 0 Å². The van der Waals surface area contributed by atoms with Crippen LogP contribution in [0.3, 0.4) is 0 Å². The maximum Gasteiger partial charge on any atom is 0.292 e. The summed E-state index contributed by atoms with van der Waals surface area (Å²) in [6, 6.07) is 7.09. The second-order valence-electron chi connectivity index (χ2n) is 5.35.